The summed E-state index contributed by atoms with van der Waals surface area (Å²) in [4.78, 5) is 10.3. The molecule has 0 bridgehead atoms. The predicted molar refractivity (Wildman–Crippen MR) is 89.5 cm³/mol. The van der Waals surface area contributed by atoms with E-state index in [0.29, 0.717) is 12.3 Å². The summed E-state index contributed by atoms with van der Waals surface area (Å²) in [5.41, 5.74) is 2.00. The van der Waals surface area contributed by atoms with E-state index in [1.165, 1.54) is 0 Å². The molecule has 25 heavy (non-hydrogen) atoms. The van der Waals surface area contributed by atoms with Crippen molar-refractivity contribution in [2.75, 3.05) is 13.2 Å². The van der Waals surface area contributed by atoms with Gasteiger partial charge in [0, 0.05) is 12.6 Å². The summed E-state index contributed by atoms with van der Waals surface area (Å²) in [5.74, 6) is -0.739. The van der Waals surface area contributed by atoms with Crippen molar-refractivity contribution in [3.05, 3.63) is 65.7 Å². The van der Waals surface area contributed by atoms with Gasteiger partial charge in [-0.2, -0.15) is 0 Å². The molecule has 0 fully saturated rings. The molecule has 0 aliphatic rings. The van der Waals surface area contributed by atoms with E-state index >= 15 is 0 Å². The summed E-state index contributed by atoms with van der Waals surface area (Å²) < 4.78 is 5.04. The Balaban J connectivity index is 0.00000312. The average molecular weight is 351 g/mol. The van der Waals surface area contributed by atoms with Crippen molar-refractivity contribution in [3.63, 3.8) is 0 Å². The molecular weight excluding hydrogens is 329 g/mol. The van der Waals surface area contributed by atoms with Crippen LogP contribution in [0.1, 0.15) is 24.2 Å². The van der Waals surface area contributed by atoms with Gasteiger partial charge in [0.2, 0.25) is 0 Å². The Kier molecular flexibility index (Phi) is 9.78. The number of hydrogen-bond donors (Lipinski definition) is 2. The van der Waals surface area contributed by atoms with Gasteiger partial charge in [-0.3, -0.25) is 0 Å². The summed E-state index contributed by atoms with van der Waals surface area (Å²) in [7, 11) is 0. The van der Waals surface area contributed by atoms with E-state index in [-0.39, 0.29) is 35.6 Å². The van der Waals surface area contributed by atoms with Gasteiger partial charge in [0.25, 0.3) is 0 Å². The van der Waals surface area contributed by atoms with Gasteiger partial charge in [0.15, 0.2) is 0 Å². The molecule has 5 nitrogen and oxygen atoms in total. The number of carboxylic acids is 1. The fourth-order valence-corrected chi connectivity index (χ4v) is 2.40. The molecule has 0 saturated heterocycles. The number of rotatable bonds is 9. The van der Waals surface area contributed by atoms with Crippen LogP contribution >= 0.6 is 0 Å². The van der Waals surface area contributed by atoms with Gasteiger partial charge < -0.3 is 25.1 Å². The molecule has 0 heterocycles. The molecule has 2 atom stereocenters. The van der Waals surface area contributed by atoms with Crippen molar-refractivity contribution >= 4 is 5.97 Å². The number of carboxylic acid groups (broad SMARTS) is 1. The molecule has 0 saturated carbocycles. The fraction of sp³-hybridized carbons (Fsp3) is 0.316. The molecular formula is C19H22NNaO4. The maximum Gasteiger partial charge on any atom is 1.00 e. The van der Waals surface area contributed by atoms with Gasteiger partial charge in [-0.25, -0.2) is 0 Å². The Labute approximate surface area is 170 Å². The molecule has 0 spiro atoms. The maximum absolute atomic E-state index is 10.3. The van der Waals surface area contributed by atoms with Crippen molar-refractivity contribution in [2.45, 2.75) is 25.5 Å². The van der Waals surface area contributed by atoms with E-state index < -0.39 is 18.7 Å². The Bertz CT molecular complexity index is 634. The normalized spacial score (nSPS) is 12.7. The summed E-state index contributed by atoms with van der Waals surface area (Å²) in [6, 6.07) is 17.0. The second-order valence-electron chi connectivity index (χ2n) is 5.74. The number of ether oxygens (including phenoxy) is 1. The summed E-state index contributed by atoms with van der Waals surface area (Å²) >= 11 is 0. The predicted octanol–water partition coefficient (Wildman–Crippen LogP) is -1.93. The van der Waals surface area contributed by atoms with Crippen LogP contribution < -0.4 is 44.7 Å². The first-order valence-electron chi connectivity index (χ1n) is 7.92. The number of carbonyl (C=O) groups excluding carboxylic acids is 1. The Hall–Kier alpha value is -1.37. The Morgan fingerprint density at radius 2 is 1.80 bits per heavy atom. The van der Waals surface area contributed by atoms with Crippen LogP contribution in [0.25, 0.3) is 0 Å². The Morgan fingerprint density at radius 3 is 2.40 bits per heavy atom. The van der Waals surface area contributed by atoms with Gasteiger partial charge in [0.05, 0.1) is 12.1 Å². The van der Waals surface area contributed by atoms with Crippen LogP contribution in [0.3, 0.4) is 0 Å². The van der Waals surface area contributed by atoms with Crippen molar-refractivity contribution < 1.29 is 49.3 Å². The zero-order valence-corrected chi connectivity index (χ0v) is 16.6. The van der Waals surface area contributed by atoms with Crippen LogP contribution in [0.5, 0.6) is 5.75 Å². The summed E-state index contributed by atoms with van der Waals surface area (Å²) in [6.45, 7) is 2.09. The first-order chi connectivity index (χ1) is 11.5. The SMILES string of the molecule is CC(Cc1ccc(OCC(=O)[O-])cc1)NCC(O)c1ccccc1.[Na+]. The monoisotopic (exact) mass is 351 g/mol. The molecule has 0 aromatic heterocycles. The number of carbonyl (C=O) groups is 1. The van der Waals surface area contributed by atoms with Crippen LogP contribution in [0, 0.1) is 0 Å². The van der Waals surface area contributed by atoms with E-state index in [9.17, 15) is 15.0 Å². The molecule has 128 valence electrons. The van der Waals surface area contributed by atoms with Crippen molar-refractivity contribution in [1.29, 1.82) is 0 Å². The Morgan fingerprint density at radius 1 is 1.16 bits per heavy atom. The van der Waals surface area contributed by atoms with Crippen LogP contribution in [-0.2, 0) is 11.2 Å². The molecule has 2 N–H and O–H groups in total. The van der Waals surface area contributed by atoms with Crippen LogP contribution in [-0.4, -0.2) is 30.3 Å². The number of nitrogens with one attached hydrogen (secondary N) is 1. The van der Waals surface area contributed by atoms with Crippen LogP contribution in [0.4, 0.5) is 0 Å². The number of benzene rings is 2. The van der Waals surface area contributed by atoms with Crippen molar-refractivity contribution in [2.24, 2.45) is 0 Å². The average Bonchev–Trinajstić information content (AvgIpc) is 2.60. The summed E-state index contributed by atoms with van der Waals surface area (Å²) in [5, 5.41) is 23.8. The number of aliphatic hydroxyl groups is 1. The number of aliphatic hydroxyl groups excluding tert-OH is 1. The van der Waals surface area contributed by atoms with E-state index in [0.717, 1.165) is 17.5 Å². The molecule has 0 aliphatic heterocycles. The zero-order chi connectivity index (χ0) is 17.4. The van der Waals surface area contributed by atoms with E-state index in [1.54, 1.807) is 12.1 Å². The van der Waals surface area contributed by atoms with Gasteiger partial charge in [0.1, 0.15) is 12.4 Å². The van der Waals surface area contributed by atoms with E-state index in [1.807, 2.05) is 42.5 Å². The zero-order valence-electron chi connectivity index (χ0n) is 14.6. The molecule has 2 rings (SSSR count). The second-order valence-corrected chi connectivity index (χ2v) is 5.74. The third-order valence-corrected chi connectivity index (χ3v) is 3.67. The van der Waals surface area contributed by atoms with Crippen molar-refractivity contribution in [3.8, 4) is 5.75 Å². The minimum Gasteiger partial charge on any atom is -0.546 e. The molecule has 0 radical (unpaired) electrons. The maximum atomic E-state index is 10.3. The second kappa shape index (κ2) is 11.3. The minimum atomic E-state index is -1.24. The third kappa shape index (κ3) is 8.03. The minimum absolute atomic E-state index is 0. The third-order valence-electron chi connectivity index (χ3n) is 3.67. The van der Waals surface area contributed by atoms with Gasteiger partial charge >= 0.3 is 29.6 Å². The van der Waals surface area contributed by atoms with Gasteiger partial charge in [-0.1, -0.05) is 42.5 Å². The molecule has 6 heteroatoms. The number of aliphatic carboxylic acids is 1. The van der Waals surface area contributed by atoms with Gasteiger partial charge in [-0.15, -0.1) is 0 Å². The van der Waals surface area contributed by atoms with Crippen LogP contribution in [0.15, 0.2) is 54.6 Å². The summed E-state index contributed by atoms with van der Waals surface area (Å²) in [6.07, 6.45) is 0.261. The number of hydrogen-bond acceptors (Lipinski definition) is 5. The largest absolute Gasteiger partial charge is 1.00 e. The molecule has 0 amide bonds. The van der Waals surface area contributed by atoms with Gasteiger partial charge in [-0.05, 0) is 36.6 Å². The molecule has 2 unspecified atom stereocenters. The van der Waals surface area contributed by atoms with E-state index in [2.05, 4.69) is 12.2 Å². The first kappa shape index (κ1) is 21.7. The van der Waals surface area contributed by atoms with E-state index in [4.69, 9.17) is 4.74 Å². The van der Waals surface area contributed by atoms with Crippen molar-refractivity contribution in [1.82, 2.24) is 5.32 Å². The molecule has 0 aliphatic carbocycles. The standard InChI is InChI=1S/C19H23NO4.Na/c1-14(20-12-18(21)16-5-3-2-4-6-16)11-15-7-9-17(10-8-15)24-13-19(22)23;/h2-10,14,18,20-21H,11-13H2,1H3,(H,22,23);/q;+1/p-1. The molecule has 2 aromatic rings. The fourth-order valence-electron chi connectivity index (χ4n) is 2.40. The molecule has 2 aromatic carbocycles. The smallest absolute Gasteiger partial charge is 0.546 e. The first-order valence-corrected chi connectivity index (χ1v) is 7.92. The topological polar surface area (TPSA) is 81.6 Å². The quantitative estimate of drug-likeness (QED) is 0.515. The van der Waals surface area contributed by atoms with Crippen LogP contribution in [0.2, 0.25) is 0 Å².